The minimum Gasteiger partial charge on any atom is -0.309 e. The van der Waals surface area contributed by atoms with Crippen LogP contribution in [0.1, 0.15) is 32.4 Å². The lowest BCUT2D eigenvalue weighted by atomic mass is 9.98. The first-order chi connectivity index (χ1) is 9.63. The lowest BCUT2D eigenvalue weighted by Crippen LogP contribution is -2.36. The molecule has 0 fully saturated rings. The molecule has 0 radical (unpaired) electrons. The molecule has 0 aliphatic heterocycles. The predicted octanol–water partition coefficient (Wildman–Crippen LogP) is 3.83. The van der Waals surface area contributed by atoms with Gasteiger partial charge in [-0.2, -0.15) is 0 Å². The van der Waals surface area contributed by atoms with Crippen LogP contribution < -0.4 is 5.32 Å². The Balaban J connectivity index is 2.36. The zero-order chi connectivity index (χ0) is 14.5. The summed E-state index contributed by atoms with van der Waals surface area (Å²) in [6, 6.07) is 16.2. The summed E-state index contributed by atoms with van der Waals surface area (Å²) in [5.41, 5.74) is 1.40. The lowest BCUT2D eigenvalue weighted by Gasteiger charge is -2.28. The first-order valence-corrected chi connectivity index (χ1v) is 7.54. The van der Waals surface area contributed by atoms with Gasteiger partial charge >= 0.3 is 0 Å². The number of fused-ring (bicyclic) bond motifs is 1. The molecule has 0 aliphatic rings. The molecule has 0 amide bonds. The van der Waals surface area contributed by atoms with Crippen molar-refractivity contribution in [3.05, 3.63) is 48.0 Å². The second-order valence-electron chi connectivity index (χ2n) is 5.71. The van der Waals surface area contributed by atoms with Crippen molar-refractivity contribution < 1.29 is 0 Å². The van der Waals surface area contributed by atoms with E-state index in [2.05, 4.69) is 80.5 Å². The molecule has 0 bridgehead atoms. The Morgan fingerprint density at radius 1 is 1.05 bits per heavy atom. The Kier molecular flexibility index (Phi) is 5.16. The molecule has 2 heteroatoms. The van der Waals surface area contributed by atoms with Crippen molar-refractivity contribution in [1.29, 1.82) is 0 Å². The van der Waals surface area contributed by atoms with Gasteiger partial charge in [-0.15, -0.1) is 0 Å². The molecule has 20 heavy (non-hydrogen) atoms. The topological polar surface area (TPSA) is 15.3 Å². The number of likely N-dealkylation sites (N-methyl/N-ethyl adjacent to an activating group) is 2. The fourth-order valence-electron chi connectivity index (χ4n) is 2.57. The maximum Gasteiger partial charge on any atom is 0.0455 e. The van der Waals surface area contributed by atoms with Gasteiger partial charge in [0.2, 0.25) is 0 Å². The molecule has 1 atom stereocenters. The third-order valence-corrected chi connectivity index (χ3v) is 4.00. The Hall–Kier alpha value is -1.38. The van der Waals surface area contributed by atoms with Gasteiger partial charge in [0.05, 0.1) is 0 Å². The van der Waals surface area contributed by atoms with Crippen LogP contribution in [0.25, 0.3) is 10.8 Å². The maximum absolute atomic E-state index is 3.64. The minimum atomic E-state index is 0.374. The molecule has 0 aliphatic carbocycles. The Bertz CT molecular complexity index is 543. The van der Waals surface area contributed by atoms with E-state index in [1.807, 2.05) is 0 Å². The van der Waals surface area contributed by atoms with Gasteiger partial charge in [-0.3, -0.25) is 0 Å². The average Bonchev–Trinajstić information content (AvgIpc) is 2.46. The van der Waals surface area contributed by atoms with Crippen LogP contribution in [0, 0.1) is 0 Å². The zero-order valence-electron chi connectivity index (χ0n) is 13.1. The quantitative estimate of drug-likeness (QED) is 0.858. The second kappa shape index (κ2) is 6.87. The fraction of sp³-hybridized carbons (Fsp3) is 0.444. The molecule has 2 aromatic carbocycles. The van der Waals surface area contributed by atoms with Crippen molar-refractivity contribution in [2.45, 2.75) is 32.9 Å². The number of hydrogen-bond donors (Lipinski definition) is 1. The van der Waals surface area contributed by atoms with E-state index in [-0.39, 0.29) is 0 Å². The summed E-state index contributed by atoms with van der Waals surface area (Å²) in [5, 5.41) is 6.31. The van der Waals surface area contributed by atoms with Crippen LogP contribution in [0.4, 0.5) is 0 Å². The zero-order valence-corrected chi connectivity index (χ0v) is 13.1. The Labute approximate surface area is 122 Å². The largest absolute Gasteiger partial charge is 0.309 e. The number of hydrogen-bond acceptors (Lipinski definition) is 2. The normalized spacial score (nSPS) is 13.3. The maximum atomic E-state index is 3.64. The molecule has 0 saturated carbocycles. The predicted molar refractivity (Wildman–Crippen MR) is 88.1 cm³/mol. The van der Waals surface area contributed by atoms with Crippen LogP contribution in [0.3, 0.4) is 0 Å². The summed E-state index contributed by atoms with van der Waals surface area (Å²) in [6.45, 7) is 8.67. The summed E-state index contributed by atoms with van der Waals surface area (Å²) < 4.78 is 0. The average molecular weight is 270 g/mol. The van der Waals surface area contributed by atoms with Crippen LogP contribution in [-0.2, 0) is 0 Å². The molecule has 0 aromatic heterocycles. The molecular weight excluding hydrogens is 244 g/mol. The molecule has 2 nitrogen and oxygen atoms in total. The van der Waals surface area contributed by atoms with Crippen LogP contribution >= 0.6 is 0 Å². The van der Waals surface area contributed by atoms with Crippen LogP contribution in [0.2, 0.25) is 0 Å². The van der Waals surface area contributed by atoms with Gasteiger partial charge in [0, 0.05) is 18.6 Å². The fourth-order valence-corrected chi connectivity index (χ4v) is 2.57. The number of benzene rings is 2. The first kappa shape index (κ1) is 15.0. The summed E-state index contributed by atoms with van der Waals surface area (Å²) in [7, 11) is 2.19. The van der Waals surface area contributed by atoms with Gasteiger partial charge in [-0.25, -0.2) is 0 Å². The second-order valence-corrected chi connectivity index (χ2v) is 5.71. The van der Waals surface area contributed by atoms with Crippen molar-refractivity contribution in [3.63, 3.8) is 0 Å². The first-order valence-electron chi connectivity index (χ1n) is 7.54. The molecule has 0 spiro atoms. The van der Waals surface area contributed by atoms with Gasteiger partial charge in [0.1, 0.15) is 0 Å². The lowest BCUT2D eigenvalue weighted by molar-refractivity contribution is 0.244. The van der Waals surface area contributed by atoms with E-state index in [4.69, 9.17) is 0 Å². The smallest absolute Gasteiger partial charge is 0.0455 e. The molecular formula is C18H26N2. The van der Waals surface area contributed by atoms with Crippen molar-refractivity contribution >= 4 is 10.8 Å². The highest BCUT2D eigenvalue weighted by Crippen LogP contribution is 2.25. The molecule has 1 N–H and O–H groups in total. The van der Waals surface area contributed by atoms with Gasteiger partial charge in [0.25, 0.3) is 0 Å². The van der Waals surface area contributed by atoms with Gasteiger partial charge in [0.15, 0.2) is 0 Å². The molecule has 1 unspecified atom stereocenters. The molecule has 0 saturated heterocycles. The van der Waals surface area contributed by atoms with E-state index in [1.165, 1.54) is 16.3 Å². The number of nitrogens with one attached hydrogen (secondary N) is 1. The van der Waals surface area contributed by atoms with Crippen molar-refractivity contribution in [2.24, 2.45) is 0 Å². The van der Waals surface area contributed by atoms with E-state index in [0.717, 1.165) is 13.1 Å². The minimum absolute atomic E-state index is 0.374. The van der Waals surface area contributed by atoms with E-state index < -0.39 is 0 Å². The van der Waals surface area contributed by atoms with Gasteiger partial charge < -0.3 is 10.2 Å². The van der Waals surface area contributed by atoms with Crippen molar-refractivity contribution in [2.75, 3.05) is 20.1 Å². The van der Waals surface area contributed by atoms with Crippen LogP contribution in [0.15, 0.2) is 42.5 Å². The summed E-state index contributed by atoms with van der Waals surface area (Å²) >= 11 is 0. The van der Waals surface area contributed by atoms with Gasteiger partial charge in [-0.1, -0.05) is 49.4 Å². The van der Waals surface area contributed by atoms with Crippen LogP contribution in [0.5, 0.6) is 0 Å². The molecule has 0 heterocycles. The Morgan fingerprint density at radius 2 is 1.75 bits per heavy atom. The van der Waals surface area contributed by atoms with Crippen molar-refractivity contribution in [3.8, 4) is 0 Å². The number of rotatable bonds is 6. The SMILES string of the molecule is CCNC(CN(C)C(C)C)c1cccc2ccccc12. The third-order valence-electron chi connectivity index (χ3n) is 4.00. The monoisotopic (exact) mass is 270 g/mol. The third kappa shape index (κ3) is 3.38. The highest BCUT2D eigenvalue weighted by atomic mass is 15.1. The van der Waals surface area contributed by atoms with Gasteiger partial charge in [-0.05, 0) is 43.8 Å². The van der Waals surface area contributed by atoms with E-state index >= 15 is 0 Å². The summed E-state index contributed by atoms with van der Waals surface area (Å²) in [4.78, 5) is 2.40. The van der Waals surface area contributed by atoms with Crippen LogP contribution in [-0.4, -0.2) is 31.1 Å². The molecule has 2 aromatic rings. The Morgan fingerprint density at radius 3 is 2.45 bits per heavy atom. The molecule has 2 rings (SSSR count). The highest BCUT2D eigenvalue weighted by Gasteiger charge is 2.16. The summed E-state index contributed by atoms with van der Waals surface area (Å²) in [6.07, 6.45) is 0. The van der Waals surface area contributed by atoms with E-state index in [9.17, 15) is 0 Å². The van der Waals surface area contributed by atoms with Crippen molar-refractivity contribution in [1.82, 2.24) is 10.2 Å². The van der Waals surface area contributed by atoms with E-state index in [0.29, 0.717) is 12.1 Å². The standard InChI is InChI=1S/C18H26N2/c1-5-19-18(13-20(4)14(2)3)17-12-8-10-15-9-6-7-11-16(15)17/h6-12,14,18-19H,5,13H2,1-4H3. The van der Waals surface area contributed by atoms with E-state index in [1.54, 1.807) is 0 Å². The summed E-state index contributed by atoms with van der Waals surface area (Å²) in [5.74, 6) is 0. The highest BCUT2D eigenvalue weighted by molar-refractivity contribution is 5.86. The molecule has 108 valence electrons. The number of nitrogens with zero attached hydrogens (tertiary/aromatic N) is 1.